The summed E-state index contributed by atoms with van der Waals surface area (Å²) in [4.78, 5) is 33.7. The van der Waals surface area contributed by atoms with Crippen LogP contribution in [0.3, 0.4) is 0 Å². The Morgan fingerprint density at radius 3 is 2.72 bits per heavy atom. The molecule has 0 spiro atoms. The maximum atomic E-state index is 15.0. The van der Waals surface area contributed by atoms with Crippen molar-refractivity contribution < 1.29 is 48.6 Å². The van der Waals surface area contributed by atoms with E-state index in [9.17, 15) is 24.9 Å². The van der Waals surface area contributed by atoms with Crippen LogP contribution in [0.2, 0.25) is 0 Å². The van der Waals surface area contributed by atoms with Gasteiger partial charge >= 0.3 is 0 Å². The molecule has 8 bridgehead atoms. The zero-order valence-corrected chi connectivity index (χ0v) is 32.7. The van der Waals surface area contributed by atoms with Crippen LogP contribution >= 0.6 is 0 Å². The summed E-state index contributed by atoms with van der Waals surface area (Å²) in [6, 6.07) is 15.1. The summed E-state index contributed by atoms with van der Waals surface area (Å²) in [6.07, 6.45) is 7.81. The number of nitrogens with zero attached hydrogens (tertiary/aromatic N) is 1. The van der Waals surface area contributed by atoms with Crippen LogP contribution in [0.4, 0.5) is 0 Å². The van der Waals surface area contributed by atoms with Crippen molar-refractivity contribution >= 4 is 45.5 Å². The maximum Gasteiger partial charge on any atom is 0.254 e. The van der Waals surface area contributed by atoms with Gasteiger partial charge in [-0.3, -0.25) is 9.59 Å². The molecule has 4 aromatic carbocycles. The number of para-hydroxylation sites is 1. The van der Waals surface area contributed by atoms with Crippen LogP contribution in [0.5, 0.6) is 17.2 Å². The van der Waals surface area contributed by atoms with E-state index in [1.165, 1.54) is 4.90 Å². The highest BCUT2D eigenvalue weighted by molar-refractivity contribution is 6.14. The van der Waals surface area contributed by atoms with Gasteiger partial charge in [0.1, 0.15) is 41.7 Å². The SMILES string of the molecule is COc1cc2c3c(c4c(O)c2c2c1C=CC(c1c[nH]c5ccccc15)OCC1OC(O2)C(O)C(OC#CCc2cccc5c2CN(CC4=O)C5=O)C1O)C1CCCC1C=C3. The molecule has 0 radical (unpaired) electrons. The number of aromatic amines is 1. The molecule has 4 N–H and O–H groups in total. The lowest BCUT2D eigenvalue weighted by Crippen LogP contribution is -2.60. The van der Waals surface area contributed by atoms with E-state index >= 15 is 0 Å². The first-order valence-electron chi connectivity index (χ1n) is 20.5. The van der Waals surface area contributed by atoms with Crippen molar-refractivity contribution in [3.63, 3.8) is 0 Å². The first-order valence-corrected chi connectivity index (χ1v) is 20.5. The Morgan fingerprint density at radius 2 is 1.83 bits per heavy atom. The largest absolute Gasteiger partial charge is 0.506 e. The fourth-order valence-electron chi connectivity index (χ4n) is 10.3. The summed E-state index contributed by atoms with van der Waals surface area (Å²) in [7, 11) is 1.54. The monoisotopic (exact) mass is 806 g/mol. The number of phenolic OH excluding ortho intramolecular Hbond substituents is 1. The summed E-state index contributed by atoms with van der Waals surface area (Å²) >= 11 is 0. The van der Waals surface area contributed by atoms with Crippen LogP contribution in [-0.2, 0) is 27.2 Å². The number of carbonyl (C=O) groups is 2. The Bertz CT molecular complexity index is 2760. The lowest BCUT2D eigenvalue weighted by atomic mass is 9.75. The third-order valence-electron chi connectivity index (χ3n) is 13.3. The van der Waals surface area contributed by atoms with Crippen LogP contribution in [0, 0.1) is 17.9 Å². The number of carbonyl (C=O) groups excluding carboxylic acids is 2. The molecule has 1 aromatic heterocycles. The van der Waals surface area contributed by atoms with Crippen molar-refractivity contribution in [1.82, 2.24) is 9.88 Å². The Hall–Kier alpha value is -6.10. The van der Waals surface area contributed by atoms with Gasteiger partial charge in [0.05, 0.1) is 36.8 Å². The number of ether oxygens (including phenoxy) is 5. The number of Topliss-reactive ketones (excluding diaryl/α,β-unsaturated/α-hetero) is 1. The molecule has 12 heteroatoms. The Balaban J connectivity index is 1.18. The van der Waals surface area contributed by atoms with Crippen molar-refractivity contribution in [3.8, 4) is 29.3 Å². The number of aliphatic hydroxyl groups excluding tert-OH is 2. The number of benzene rings is 4. The standard InChI is InChI=1S/C48H42N2O10/c1-56-37-19-31-28-15-14-25-8-4-11-26(25)39(28)41-35(51)22-50-21-33-24(7-5-12-29(33)47(50)55)9-6-18-57-46-42(52)38-23-58-36(32-20-49-34-13-3-2-10-27(32)34)17-16-30(37)45(40(31)43(41)53)60-48(59-38)44(46)54/h2-3,5,7,10,12-17,19-20,25-26,36,38,42,44,46,48-49,52-54H,4,8-9,11,21-23H2,1H3. The number of allylic oxidation sites excluding steroid dienone is 1. The number of aromatic hydroxyl groups is 1. The summed E-state index contributed by atoms with van der Waals surface area (Å²) in [5, 5.41) is 38.3. The van der Waals surface area contributed by atoms with Gasteiger partial charge in [-0.05, 0) is 71.2 Å². The number of rotatable bonds is 2. The van der Waals surface area contributed by atoms with E-state index in [-0.39, 0.29) is 66.3 Å². The number of hydrogen-bond donors (Lipinski definition) is 4. The Labute approximate surface area is 344 Å². The first-order chi connectivity index (χ1) is 29.3. The van der Waals surface area contributed by atoms with Crippen LogP contribution in [0.15, 0.2) is 66.9 Å². The highest BCUT2D eigenvalue weighted by Crippen LogP contribution is 2.54. The molecule has 2 fully saturated rings. The molecule has 8 unspecified atom stereocenters. The smallest absolute Gasteiger partial charge is 0.254 e. The van der Waals surface area contributed by atoms with Gasteiger partial charge in [-0.2, -0.15) is 0 Å². The number of aromatic nitrogens is 1. The molecule has 5 heterocycles. The number of aliphatic hydroxyl groups is 2. The highest BCUT2D eigenvalue weighted by atomic mass is 16.7. The first kappa shape index (κ1) is 36.9. The lowest BCUT2D eigenvalue weighted by Gasteiger charge is -2.41. The van der Waals surface area contributed by atoms with Gasteiger partial charge < -0.3 is 48.9 Å². The second kappa shape index (κ2) is 14.3. The lowest BCUT2D eigenvalue weighted by molar-refractivity contribution is -0.279. The van der Waals surface area contributed by atoms with E-state index in [1.807, 2.05) is 54.7 Å². The molecular formula is C48H42N2O10. The predicted octanol–water partition coefficient (Wildman–Crippen LogP) is 6.30. The molecule has 4 aliphatic heterocycles. The summed E-state index contributed by atoms with van der Waals surface area (Å²) in [5.41, 5.74) is 5.79. The second-order valence-electron chi connectivity index (χ2n) is 16.5. The van der Waals surface area contributed by atoms with E-state index in [1.54, 1.807) is 25.3 Å². The molecular weight excluding hydrogens is 765 g/mol. The van der Waals surface area contributed by atoms with Gasteiger partial charge in [0.2, 0.25) is 6.29 Å². The molecule has 5 aromatic rings. The number of ketones is 1. The molecule has 8 atom stereocenters. The maximum absolute atomic E-state index is 15.0. The number of nitrogens with one attached hydrogen (secondary N) is 1. The molecule has 2 aliphatic carbocycles. The van der Waals surface area contributed by atoms with E-state index < -0.39 is 42.6 Å². The van der Waals surface area contributed by atoms with Crippen molar-refractivity contribution in [1.29, 1.82) is 0 Å². The minimum absolute atomic E-state index is 0.0319. The number of methoxy groups -OCH3 is 1. The zero-order valence-electron chi connectivity index (χ0n) is 32.7. The second-order valence-corrected chi connectivity index (χ2v) is 16.5. The summed E-state index contributed by atoms with van der Waals surface area (Å²) < 4.78 is 31.8. The van der Waals surface area contributed by atoms with E-state index in [0.29, 0.717) is 22.3 Å². The van der Waals surface area contributed by atoms with Gasteiger partial charge in [-0.15, -0.1) is 0 Å². The van der Waals surface area contributed by atoms with Gasteiger partial charge in [0.15, 0.2) is 18.0 Å². The van der Waals surface area contributed by atoms with Crippen molar-refractivity contribution in [2.75, 3.05) is 20.3 Å². The average molecular weight is 807 g/mol. The zero-order chi connectivity index (χ0) is 40.8. The highest BCUT2D eigenvalue weighted by Gasteiger charge is 2.49. The van der Waals surface area contributed by atoms with Gasteiger partial charge in [-0.1, -0.05) is 60.9 Å². The van der Waals surface area contributed by atoms with Crippen LogP contribution in [0.25, 0.3) is 33.8 Å². The fourth-order valence-corrected chi connectivity index (χ4v) is 10.3. The van der Waals surface area contributed by atoms with Crippen LogP contribution in [0.1, 0.15) is 85.4 Å². The molecule has 1 saturated heterocycles. The van der Waals surface area contributed by atoms with Crippen LogP contribution in [-0.4, -0.2) is 87.9 Å². The normalized spacial score (nSPS) is 27.9. The van der Waals surface area contributed by atoms with Crippen molar-refractivity contribution in [3.05, 3.63) is 111 Å². The fraction of sp³-hybridized carbons (Fsp3) is 0.333. The average Bonchev–Trinajstić information content (AvgIpc) is 3.99. The third kappa shape index (κ3) is 5.68. The molecule has 6 aliphatic rings. The van der Waals surface area contributed by atoms with Gasteiger partial charge in [0.25, 0.3) is 5.91 Å². The number of fused-ring (bicyclic) bond motifs is 10. The Morgan fingerprint density at radius 1 is 0.967 bits per heavy atom. The van der Waals surface area contributed by atoms with Crippen molar-refractivity contribution in [2.24, 2.45) is 5.92 Å². The summed E-state index contributed by atoms with van der Waals surface area (Å²) in [5.74, 6) is 2.66. The van der Waals surface area contributed by atoms with E-state index in [2.05, 4.69) is 23.1 Å². The molecule has 60 heavy (non-hydrogen) atoms. The molecule has 12 nitrogen and oxygen atoms in total. The van der Waals surface area contributed by atoms with E-state index in [0.717, 1.165) is 58.0 Å². The molecule has 1 saturated carbocycles. The molecule has 1 amide bonds. The van der Waals surface area contributed by atoms with Crippen molar-refractivity contribution in [2.45, 2.75) is 75.0 Å². The predicted molar refractivity (Wildman–Crippen MR) is 220 cm³/mol. The minimum atomic E-state index is -1.58. The summed E-state index contributed by atoms with van der Waals surface area (Å²) in [6.45, 7) is -0.196. The molecule has 304 valence electrons. The number of H-pyrrole nitrogens is 1. The Kier molecular flexibility index (Phi) is 8.79. The number of amides is 1. The quantitative estimate of drug-likeness (QED) is 0.149. The van der Waals surface area contributed by atoms with Gasteiger partial charge in [0, 0.05) is 46.6 Å². The third-order valence-corrected chi connectivity index (χ3v) is 13.3. The molecule has 11 rings (SSSR count). The van der Waals surface area contributed by atoms with Crippen LogP contribution < -0.4 is 9.47 Å². The number of phenols is 1. The van der Waals surface area contributed by atoms with Gasteiger partial charge in [-0.25, -0.2) is 0 Å². The topological polar surface area (TPSA) is 160 Å². The minimum Gasteiger partial charge on any atom is -0.506 e. The number of hydrogen-bond acceptors (Lipinski definition) is 10. The van der Waals surface area contributed by atoms with E-state index in [4.69, 9.17) is 23.7 Å².